The zero-order chi connectivity index (χ0) is 11.7. The molecule has 1 heterocycles. The third-order valence-electron chi connectivity index (χ3n) is 2.26. The van der Waals surface area contributed by atoms with Crippen molar-refractivity contribution in [2.24, 2.45) is 0 Å². The Balaban J connectivity index is 2.39. The minimum atomic E-state index is 0.219. The van der Waals surface area contributed by atoms with E-state index in [1.807, 2.05) is 26.0 Å². The lowest BCUT2D eigenvalue weighted by molar-refractivity contribution is 0.470. The molecule has 1 aromatic heterocycles. The summed E-state index contributed by atoms with van der Waals surface area (Å²) in [5, 5.41) is 9.39. The molecule has 2 aromatic rings. The molecule has 0 aliphatic carbocycles. The predicted octanol–water partition coefficient (Wildman–Crippen LogP) is 3.93. The summed E-state index contributed by atoms with van der Waals surface area (Å²) in [6, 6.07) is 5.25. The van der Waals surface area contributed by atoms with Crippen LogP contribution in [-0.4, -0.2) is 10.1 Å². The van der Waals surface area contributed by atoms with Gasteiger partial charge in [0.1, 0.15) is 17.7 Å². The van der Waals surface area contributed by atoms with Crippen molar-refractivity contribution in [2.45, 2.75) is 19.8 Å². The molecule has 0 bridgehead atoms. The standard InChI is InChI=1S/C12H12BrNO2/c1-7(2)12-14-10(6-16-12)8-3-4-11(15)9(13)5-8/h3-7,15H,1-2H3. The number of hydrogen-bond acceptors (Lipinski definition) is 3. The van der Waals surface area contributed by atoms with Crippen LogP contribution in [0.4, 0.5) is 0 Å². The van der Waals surface area contributed by atoms with Crippen LogP contribution in [0.5, 0.6) is 5.75 Å². The Hall–Kier alpha value is -1.29. The highest BCUT2D eigenvalue weighted by Gasteiger charge is 2.10. The SMILES string of the molecule is CC(C)c1nc(-c2ccc(O)c(Br)c2)co1. The molecule has 0 spiro atoms. The van der Waals surface area contributed by atoms with Gasteiger partial charge in [-0.05, 0) is 34.1 Å². The Bertz CT molecular complexity index is 505. The van der Waals surface area contributed by atoms with Crippen LogP contribution in [0.15, 0.2) is 33.4 Å². The third kappa shape index (κ3) is 2.11. The second-order valence-electron chi connectivity index (χ2n) is 3.89. The summed E-state index contributed by atoms with van der Waals surface area (Å²) in [6.45, 7) is 4.06. The van der Waals surface area contributed by atoms with E-state index in [1.165, 1.54) is 0 Å². The van der Waals surface area contributed by atoms with Crippen LogP contribution in [0.25, 0.3) is 11.3 Å². The van der Waals surface area contributed by atoms with Gasteiger partial charge in [-0.2, -0.15) is 0 Å². The molecule has 0 amide bonds. The van der Waals surface area contributed by atoms with Gasteiger partial charge in [0.25, 0.3) is 0 Å². The lowest BCUT2D eigenvalue weighted by Gasteiger charge is -1.99. The van der Waals surface area contributed by atoms with Crippen LogP contribution in [0, 0.1) is 0 Å². The van der Waals surface area contributed by atoms with Crippen molar-refractivity contribution < 1.29 is 9.52 Å². The molecule has 16 heavy (non-hydrogen) atoms. The highest BCUT2D eigenvalue weighted by molar-refractivity contribution is 9.10. The van der Waals surface area contributed by atoms with E-state index in [1.54, 1.807) is 12.3 Å². The molecule has 0 saturated carbocycles. The van der Waals surface area contributed by atoms with Gasteiger partial charge in [0, 0.05) is 11.5 Å². The van der Waals surface area contributed by atoms with Gasteiger partial charge < -0.3 is 9.52 Å². The molecule has 4 heteroatoms. The van der Waals surface area contributed by atoms with Crippen LogP contribution >= 0.6 is 15.9 Å². The van der Waals surface area contributed by atoms with Crippen molar-refractivity contribution in [2.75, 3.05) is 0 Å². The smallest absolute Gasteiger partial charge is 0.197 e. The van der Waals surface area contributed by atoms with Gasteiger partial charge in [-0.15, -0.1) is 0 Å². The first kappa shape index (κ1) is 11.2. The zero-order valence-corrected chi connectivity index (χ0v) is 10.7. The van der Waals surface area contributed by atoms with Crippen LogP contribution in [-0.2, 0) is 0 Å². The van der Waals surface area contributed by atoms with Crippen molar-refractivity contribution in [3.05, 3.63) is 34.8 Å². The van der Waals surface area contributed by atoms with Gasteiger partial charge in [-0.3, -0.25) is 0 Å². The minimum absolute atomic E-state index is 0.219. The molecule has 0 aliphatic heterocycles. The van der Waals surface area contributed by atoms with E-state index in [0.29, 0.717) is 4.47 Å². The van der Waals surface area contributed by atoms with Crippen LogP contribution < -0.4 is 0 Å². The van der Waals surface area contributed by atoms with Gasteiger partial charge in [-0.25, -0.2) is 4.98 Å². The number of halogens is 1. The summed E-state index contributed by atoms with van der Waals surface area (Å²) in [5.74, 6) is 1.21. The molecule has 0 saturated heterocycles. The van der Waals surface area contributed by atoms with Crippen LogP contribution in [0.3, 0.4) is 0 Å². The van der Waals surface area contributed by atoms with Gasteiger partial charge in [0.2, 0.25) is 0 Å². The topological polar surface area (TPSA) is 46.3 Å². The summed E-state index contributed by atoms with van der Waals surface area (Å²) < 4.78 is 6.01. The molecule has 1 aromatic carbocycles. The number of oxazole rings is 1. The summed E-state index contributed by atoms with van der Waals surface area (Å²) in [7, 11) is 0. The number of nitrogens with zero attached hydrogens (tertiary/aromatic N) is 1. The Labute approximate surface area is 102 Å². The first-order chi connectivity index (χ1) is 7.58. The number of benzene rings is 1. The fraction of sp³-hybridized carbons (Fsp3) is 0.250. The van der Waals surface area contributed by atoms with E-state index >= 15 is 0 Å². The normalized spacial score (nSPS) is 11.0. The summed E-state index contributed by atoms with van der Waals surface area (Å²) in [4.78, 5) is 4.38. The first-order valence-electron chi connectivity index (χ1n) is 5.02. The Morgan fingerprint density at radius 2 is 2.12 bits per heavy atom. The monoisotopic (exact) mass is 281 g/mol. The number of hydrogen-bond donors (Lipinski definition) is 1. The molecular weight excluding hydrogens is 270 g/mol. The largest absolute Gasteiger partial charge is 0.507 e. The molecule has 0 aliphatic rings. The van der Waals surface area contributed by atoms with Crippen LogP contribution in [0.1, 0.15) is 25.7 Å². The number of aromatic hydroxyl groups is 1. The van der Waals surface area contributed by atoms with E-state index in [-0.39, 0.29) is 11.7 Å². The average molecular weight is 282 g/mol. The molecule has 84 valence electrons. The van der Waals surface area contributed by atoms with Gasteiger partial charge in [-0.1, -0.05) is 13.8 Å². The molecule has 0 unspecified atom stereocenters. The summed E-state index contributed by atoms with van der Waals surface area (Å²) in [6.07, 6.45) is 1.63. The van der Waals surface area contributed by atoms with E-state index in [4.69, 9.17) is 4.42 Å². The summed E-state index contributed by atoms with van der Waals surface area (Å²) in [5.41, 5.74) is 1.70. The highest BCUT2D eigenvalue weighted by atomic mass is 79.9. The number of aromatic nitrogens is 1. The van der Waals surface area contributed by atoms with Gasteiger partial charge >= 0.3 is 0 Å². The molecule has 0 atom stereocenters. The molecule has 0 radical (unpaired) electrons. The first-order valence-corrected chi connectivity index (χ1v) is 5.81. The number of rotatable bonds is 2. The zero-order valence-electron chi connectivity index (χ0n) is 9.07. The van der Waals surface area contributed by atoms with Gasteiger partial charge in [0.15, 0.2) is 5.89 Å². The fourth-order valence-corrected chi connectivity index (χ4v) is 1.73. The Morgan fingerprint density at radius 3 is 2.69 bits per heavy atom. The molecule has 1 N–H and O–H groups in total. The maximum Gasteiger partial charge on any atom is 0.197 e. The molecule has 0 fully saturated rings. The fourth-order valence-electron chi connectivity index (χ4n) is 1.35. The second-order valence-corrected chi connectivity index (χ2v) is 4.75. The maximum atomic E-state index is 9.39. The Morgan fingerprint density at radius 1 is 1.38 bits per heavy atom. The van der Waals surface area contributed by atoms with Crippen molar-refractivity contribution >= 4 is 15.9 Å². The predicted molar refractivity (Wildman–Crippen MR) is 65.4 cm³/mol. The highest BCUT2D eigenvalue weighted by Crippen LogP contribution is 2.30. The number of phenolic OH excluding ortho intramolecular Hbond substituents is 1. The quantitative estimate of drug-likeness (QED) is 0.907. The van der Waals surface area contributed by atoms with E-state index in [2.05, 4.69) is 20.9 Å². The summed E-state index contributed by atoms with van der Waals surface area (Å²) >= 11 is 3.27. The van der Waals surface area contributed by atoms with E-state index in [0.717, 1.165) is 17.1 Å². The maximum absolute atomic E-state index is 9.39. The van der Waals surface area contributed by atoms with Crippen molar-refractivity contribution in [1.82, 2.24) is 4.98 Å². The Kier molecular flexibility index (Phi) is 3.01. The molecule has 2 rings (SSSR count). The van der Waals surface area contributed by atoms with E-state index < -0.39 is 0 Å². The van der Waals surface area contributed by atoms with Crippen molar-refractivity contribution in [1.29, 1.82) is 0 Å². The van der Waals surface area contributed by atoms with Gasteiger partial charge in [0.05, 0.1) is 4.47 Å². The lowest BCUT2D eigenvalue weighted by Crippen LogP contribution is -1.86. The van der Waals surface area contributed by atoms with Crippen molar-refractivity contribution in [3.8, 4) is 17.0 Å². The molecular formula is C12H12BrNO2. The van der Waals surface area contributed by atoms with Crippen LogP contribution in [0.2, 0.25) is 0 Å². The number of phenols is 1. The average Bonchev–Trinajstić information content (AvgIpc) is 2.71. The lowest BCUT2D eigenvalue weighted by atomic mass is 10.1. The van der Waals surface area contributed by atoms with E-state index in [9.17, 15) is 5.11 Å². The third-order valence-corrected chi connectivity index (χ3v) is 2.89. The second kappa shape index (κ2) is 4.29. The minimum Gasteiger partial charge on any atom is -0.507 e. The molecule has 3 nitrogen and oxygen atoms in total. The van der Waals surface area contributed by atoms with Crippen molar-refractivity contribution in [3.63, 3.8) is 0 Å².